The summed E-state index contributed by atoms with van der Waals surface area (Å²) in [5.41, 5.74) is 15.0. The highest BCUT2D eigenvalue weighted by Gasteiger charge is 2.10. The summed E-state index contributed by atoms with van der Waals surface area (Å²) in [7, 11) is 0. The van der Waals surface area contributed by atoms with Crippen LogP contribution in [0.5, 0.6) is 0 Å². The molecule has 0 aliphatic heterocycles. The van der Waals surface area contributed by atoms with Gasteiger partial charge in [-0.25, -0.2) is 4.68 Å². The fourth-order valence-corrected chi connectivity index (χ4v) is 3.19. The summed E-state index contributed by atoms with van der Waals surface area (Å²) >= 11 is 0. The average Bonchev–Trinajstić information content (AvgIpc) is 3.57. The van der Waals surface area contributed by atoms with Crippen LogP contribution in [-0.4, -0.2) is 50.4 Å². The maximum absolute atomic E-state index is 5.78. The van der Waals surface area contributed by atoms with E-state index in [4.69, 9.17) is 11.5 Å². The Labute approximate surface area is 168 Å². The molecule has 6 rings (SSSR count). The maximum atomic E-state index is 5.78. The quantitative estimate of drug-likeness (QED) is 0.338. The van der Waals surface area contributed by atoms with Crippen LogP contribution < -0.4 is 11.5 Å². The topological polar surface area (TPSA) is 171 Å². The Bertz CT molecular complexity index is 1300. The summed E-state index contributed by atoms with van der Waals surface area (Å²) in [5.74, 6) is 0.925. The number of anilines is 2. The molecule has 12 heteroatoms. The van der Waals surface area contributed by atoms with Crippen LogP contribution in [0, 0.1) is 0 Å². The van der Waals surface area contributed by atoms with Gasteiger partial charge < -0.3 is 11.5 Å². The van der Waals surface area contributed by atoms with Gasteiger partial charge in [-0.15, -0.1) is 5.10 Å². The molecular formula is C18H16N12. The molecule has 148 valence electrons. The van der Waals surface area contributed by atoms with Crippen molar-refractivity contribution in [3.05, 3.63) is 61.2 Å². The Morgan fingerprint density at radius 2 is 1.33 bits per heavy atom. The summed E-state index contributed by atoms with van der Waals surface area (Å²) in [4.78, 5) is 1.52. The third-order valence-corrected chi connectivity index (χ3v) is 4.49. The van der Waals surface area contributed by atoms with Crippen LogP contribution in [0.2, 0.25) is 0 Å². The number of hydrogen-bond acceptors (Lipinski definition) is 8. The number of nitrogen functional groups attached to an aromatic ring is 2. The fraction of sp³-hybridized carbons (Fsp3) is 0. The minimum absolute atomic E-state index is 0.456. The molecular weight excluding hydrogens is 384 g/mol. The Kier molecular flexibility index (Phi) is 4.06. The van der Waals surface area contributed by atoms with Crippen molar-refractivity contribution in [2.24, 2.45) is 0 Å². The highest BCUT2D eigenvalue weighted by Crippen LogP contribution is 2.25. The van der Waals surface area contributed by atoms with E-state index in [1.165, 1.54) is 4.80 Å². The molecule has 30 heavy (non-hydrogen) atoms. The van der Waals surface area contributed by atoms with Crippen LogP contribution in [0.15, 0.2) is 61.2 Å². The Morgan fingerprint density at radius 1 is 0.733 bits per heavy atom. The van der Waals surface area contributed by atoms with Gasteiger partial charge in [0.1, 0.15) is 0 Å². The number of nitrogens with one attached hydrogen (secondary N) is 2. The predicted octanol–water partition coefficient (Wildman–Crippen LogP) is 1.45. The summed E-state index contributed by atoms with van der Waals surface area (Å²) in [6.45, 7) is 0. The van der Waals surface area contributed by atoms with E-state index in [1.54, 1.807) is 29.5 Å². The van der Waals surface area contributed by atoms with Gasteiger partial charge in [-0.3, -0.25) is 10.2 Å². The van der Waals surface area contributed by atoms with Crippen molar-refractivity contribution in [3.63, 3.8) is 0 Å². The lowest BCUT2D eigenvalue weighted by Gasteiger charge is -2.01. The molecule has 0 saturated carbocycles. The summed E-state index contributed by atoms with van der Waals surface area (Å²) in [5, 5.41) is 31.1. The molecule has 0 unspecified atom stereocenters. The second-order valence-corrected chi connectivity index (χ2v) is 6.28. The lowest BCUT2D eigenvalue weighted by Crippen LogP contribution is -1.99. The Morgan fingerprint density at radius 3 is 1.93 bits per heavy atom. The third kappa shape index (κ3) is 2.88. The van der Waals surface area contributed by atoms with E-state index in [2.05, 4.69) is 40.9 Å². The van der Waals surface area contributed by atoms with Crippen molar-refractivity contribution < 1.29 is 0 Å². The zero-order valence-electron chi connectivity index (χ0n) is 15.5. The first-order chi connectivity index (χ1) is 14.7. The Hall–Kier alpha value is -4.74. The summed E-state index contributed by atoms with van der Waals surface area (Å²) in [6, 6.07) is 11.5. The standard InChI is InChI=1S/2C9H8N6/c10-9-8-6(12-13-9)2-1-3-7(8)15-5-4-11-14-15;10-9-8-6(13-14-9)2-1-3-7(8)15-11-4-5-12-15/h1-5H,(H3,10,12,13);1-5H,(H3,10,13,14). The Balaban J connectivity index is 0.000000128. The van der Waals surface area contributed by atoms with E-state index in [-0.39, 0.29) is 0 Å². The molecule has 0 aliphatic carbocycles. The molecule has 0 spiro atoms. The van der Waals surface area contributed by atoms with Crippen LogP contribution in [0.4, 0.5) is 11.6 Å². The van der Waals surface area contributed by atoms with Crippen molar-refractivity contribution >= 4 is 33.4 Å². The van der Waals surface area contributed by atoms with Crippen molar-refractivity contribution in [1.29, 1.82) is 0 Å². The highest BCUT2D eigenvalue weighted by molar-refractivity contribution is 5.96. The largest absolute Gasteiger partial charge is 0.382 e. The van der Waals surface area contributed by atoms with Gasteiger partial charge in [0, 0.05) is 0 Å². The van der Waals surface area contributed by atoms with E-state index >= 15 is 0 Å². The van der Waals surface area contributed by atoms with Crippen LogP contribution in [-0.2, 0) is 0 Å². The number of benzene rings is 2. The average molecular weight is 400 g/mol. The second-order valence-electron chi connectivity index (χ2n) is 6.28. The fourth-order valence-electron chi connectivity index (χ4n) is 3.19. The monoisotopic (exact) mass is 400 g/mol. The number of H-pyrrole nitrogens is 2. The first-order valence-electron chi connectivity index (χ1n) is 8.91. The number of nitrogens with two attached hydrogens (primary N) is 2. The highest BCUT2D eigenvalue weighted by atomic mass is 15.5. The molecule has 12 nitrogen and oxygen atoms in total. The molecule has 0 fully saturated rings. The minimum Gasteiger partial charge on any atom is -0.382 e. The van der Waals surface area contributed by atoms with Crippen molar-refractivity contribution in [3.8, 4) is 11.4 Å². The molecule has 4 aromatic heterocycles. The van der Waals surface area contributed by atoms with E-state index in [1.807, 2.05) is 36.4 Å². The second kappa shape index (κ2) is 7.01. The van der Waals surface area contributed by atoms with Crippen LogP contribution in [0.3, 0.4) is 0 Å². The first-order valence-corrected chi connectivity index (χ1v) is 8.91. The molecule has 0 atom stereocenters. The van der Waals surface area contributed by atoms with Gasteiger partial charge >= 0.3 is 0 Å². The number of fused-ring (bicyclic) bond motifs is 2. The first kappa shape index (κ1) is 17.4. The van der Waals surface area contributed by atoms with E-state index in [9.17, 15) is 0 Å². The zero-order chi connectivity index (χ0) is 20.5. The molecule has 2 aromatic carbocycles. The van der Waals surface area contributed by atoms with Gasteiger partial charge in [0.25, 0.3) is 0 Å². The molecule has 4 heterocycles. The summed E-state index contributed by atoms with van der Waals surface area (Å²) < 4.78 is 1.66. The van der Waals surface area contributed by atoms with Crippen molar-refractivity contribution in [1.82, 2.24) is 50.4 Å². The van der Waals surface area contributed by atoms with Crippen LogP contribution in [0.25, 0.3) is 33.2 Å². The maximum Gasteiger partial charge on any atom is 0.155 e. The predicted molar refractivity (Wildman–Crippen MR) is 111 cm³/mol. The number of aromatic nitrogens is 10. The molecule has 0 aliphatic rings. The molecule has 0 saturated heterocycles. The lowest BCUT2D eigenvalue weighted by molar-refractivity contribution is 0.757. The van der Waals surface area contributed by atoms with E-state index in [0.29, 0.717) is 11.6 Å². The molecule has 0 bridgehead atoms. The molecule has 6 N–H and O–H groups in total. The van der Waals surface area contributed by atoms with Gasteiger partial charge in [-0.1, -0.05) is 17.3 Å². The van der Waals surface area contributed by atoms with Crippen LogP contribution >= 0.6 is 0 Å². The number of aromatic amines is 2. The van der Waals surface area contributed by atoms with Gasteiger partial charge in [0.15, 0.2) is 11.6 Å². The van der Waals surface area contributed by atoms with Crippen LogP contribution in [0.1, 0.15) is 0 Å². The molecule has 6 aromatic rings. The molecule has 0 radical (unpaired) electrons. The SMILES string of the molecule is Nc1n[nH]c2cccc(-n3ccnn3)c12.Nc1n[nH]c2cccc(-n3nccn3)c12. The van der Waals surface area contributed by atoms with Crippen molar-refractivity contribution in [2.45, 2.75) is 0 Å². The lowest BCUT2D eigenvalue weighted by atomic mass is 10.2. The summed E-state index contributed by atoms with van der Waals surface area (Å²) in [6.07, 6.45) is 6.63. The van der Waals surface area contributed by atoms with E-state index in [0.717, 1.165) is 33.2 Å². The smallest absolute Gasteiger partial charge is 0.155 e. The van der Waals surface area contributed by atoms with Gasteiger partial charge in [0.2, 0.25) is 0 Å². The third-order valence-electron chi connectivity index (χ3n) is 4.49. The van der Waals surface area contributed by atoms with Crippen molar-refractivity contribution in [2.75, 3.05) is 11.5 Å². The molecule has 0 amide bonds. The minimum atomic E-state index is 0.456. The van der Waals surface area contributed by atoms with Gasteiger partial charge in [-0.2, -0.15) is 25.2 Å². The zero-order valence-corrected chi connectivity index (χ0v) is 15.5. The van der Waals surface area contributed by atoms with Gasteiger partial charge in [0.05, 0.1) is 58.0 Å². The van der Waals surface area contributed by atoms with E-state index < -0.39 is 0 Å². The number of rotatable bonds is 2. The normalized spacial score (nSPS) is 10.9. The number of nitrogens with zero attached hydrogens (tertiary/aromatic N) is 8. The number of hydrogen-bond donors (Lipinski definition) is 4. The van der Waals surface area contributed by atoms with Gasteiger partial charge in [-0.05, 0) is 24.3 Å².